The maximum absolute atomic E-state index is 12.2. The number of carbonyl (C=O) groups is 3. The molecule has 1 aliphatic carbocycles. The highest BCUT2D eigenvalue weighted by Gasteiger charge is 2.30. The Morgan fingerprint density at radius 1 is 1.24 bits per heavy atom. The van der Waals surface area contributed by atoms with E-state index < -0.39 is 11.9 Å². The molecule has 1 fully saturated rings. The molecule has 0 radical (unpaired) electrons. The summed E-state index contributed by atoms with van der Waals surface area (Å²) in [5.74, 6) is -1.56. The van der Waals surface area contributed by atoms with Crippen molar-refractivity contribution in [3.8, 4) is 0 Å². The van der Waals surface area contributed by atoms with E-state index in [-0.39, 0.29) is 30.1 Å². The lowest BCUT2D eigenvalue weighted by molar-refractivity contribution is -0.145. The molecule has 2 amide bonds. The Morgan fingerprint density at radius 2 is 1.86 bits per heavy atom. The van der Waals surface area contributed by atoms with E-state index in [1.165, 1.54) is 0 Å². The van der Waals surface area contributed by atoms with E-state index in [2.05, 4.69) is 5.32 Å². The van der Waals surface area contributed by atoms with Gasteiger partial charge in [-0.2, -0.15) is 0 Å². The Hall–Kier alpha value is -1.59. The fraction of sp³-hybridized carbons (Fsp3) is 0.800. The van der Waals surface area contributed by atoms with E-state index in [9.17, 15) is 14.4 Å². The van der Waals surface area contributed by atoms with Gasteiger partial charge in [-0.15, -0.1) is 0 Å². The number of hydrogen-bond donors (Lipinski definition) is 2. The second-order valence-electron chi connectivity index (χ2n) is 5.71. The van der Waals surface area contributed by atoms with Gasteiger partial charge in [0.1, 0.15) is 6.04 Å². The van der Waals surface area contributed by atoms with E-state index in [4.69, 9.17) is 10.5 Å². The first-order valence-corrected chi connectivity index (χ1v) is 7.71. The Morgan fingerprint density at radius 3 is 2.38 bits per heavy atom. The molecule has 6 nitrogen and oxygen atoms in total. The lowest BCUT2D eigenvalue weighted by Gasteiger charge is -2.26. The molecule has 120 valence electrons. The minimum Gasteiger partial charge on any atom is -0.466 e. The summed E-state index contributed by atoms with van der Waals surface area (Å²) in [5, 5.41) is 2.71. The normalized spacial score (nSPS) is 18.6. The SMILES string of the molecule is CCOC(=O)C[C@@H](C)[C@@H](NC(=O)C1CCCCC1)C(N)=O. The van der Waals surface area contributed by atoms with Gasteiger partial charge in [0, 0.05) is 5.92 Å². The van der Waals surface area contributed by atoms with Crippen LogP contribution >= 0.6 is 0 Å². The van der Waals surface area contributed by atoms with Crippen molar-refractivity contribution in [2.24, 2.45) is 17.6 Å². The number of amides is 2. The number of esters is 1. The lowest BCUT2D eigenvalue weighted by Crippen LogP contribution is -2.50. The van der Waals surface area contributed by atoms with Crippen LogP contribution in [-0.2, 0) is 19.1 Å². The molecule has 0 bridgehead atoms. The molecule has 0 aromatic heterocycles. The third-order valence-electron chi connectivity index (χ3n) is 3.94. The van der Waals surface area contributed by atoms with Crippen molar-refractivity contribution in [2.75, 3.05) is 6.61 Å². The number of carbonyl (C=O) groups excluding carboxylic acids is 3. The summed E-state index contributed by atoms with van der Waals surface area (Å²) in [5.41, 5.74) is 5.36. The maximum Gasteiger partial charge on any atom is 0.306 e. The summed E-state index contributed by atoms with van der Waals surface area (Å²) in [7, 11) is 0. The van der Waals surface area contributed by atoms with Gasteiger partial charge in [0.15, 0.2) is 0 Å². The molecule has 0 heterocycles. The first-order chi connectivity index (χ1) is 9.95. The number of rotatable bonds is 7. The van der Waals surface area contributed by atoms with Crippen LogP contribution in [0.2, 0.25) is 0 Å². The molecule has 2 atom stereocenters. The zero-order valence-electron chi connectivity index (χ0n) is 12.9. The summed E-state index contributed by atoms with van der Waals surface area (Å²) in [6, 6.07) is -0.830. The van der Waals surface area contributed by atoms with Gasteiger partial charge >= 0.3 is 5.97 Å². The molecule has 0 aliphatic heterocycles. The second kappa shape index (κ2) is 8.64. The first-order valence-electron chi connectivity index (χ1n) is 7.71. The van der Waals surface area contributed by atoms with E-state index in [0.717, 1.165) is 32.1 Å². The van der Waals surface area contributed by atoms with Gasteiger partial charge in [-0.25, -0.2) is 0 Å². The van der Waals surface area contributed by atoms with Crippen molar-refractivity contribution in [3.63, 3.8) is 0 Å². The Labute approximate surface area is 125 Å². The van der Waals surface area contributed by atoms with Crippen LogP contribution in [0.3, 0.4) is 0 Å². The smallest absolute Gasteiger partial charge is 0.306 e. The van der Waals surface area contributed by atoms with Gasteiger partial charge in [0.05, 0.1) is 13.0 Å². The van der Waals surface area contributed by atoms with Crippen LogP contribution in [0.25, 0.3) is 0 Å². The Bertz CT molecular complexity index is 378. The molecule has 0 aromatic carbocycles. The molecule has 0 unspecified atom stereocenters. The van der Waals surface area contributed by atoms with Crippen LogP contribution in [0.15, 0.2) is 0 Å². The van der Waals surface area contributed by atoms with Crippen LogP contribution in [0.1, 0.15) is 52.4 Å². The van der Waals surface area contributed by atoms with Crippen molar-refractivity contribution < 1.29 is 19.1 Å². The molecule has 0 spiro atoms. The average Bonchev–Trinajstić information content (AvgIpc) is 2.45. The number of hydrogen-bond acceptors (Lipinski definition) is 4. The summed E-state index contributed by atoms with van der Waals surface area (Å²) >= 11 is 0. The van der Waals surface area contributed by atoms with Crippen molar-refractivity contribution in [2.45, 2.75) is 58.4 Å². The van der Waals surface area contributed by atoms with Crippen LogP contribution in [-0.4, -0.2) is 30.4 Å². The summed E-state index contributed by atoms with van der Waals surface area (Å²) in [6.07, 6.45) is 5.00. The highest BCUT2D eigenvalue weighted by atomic mass is 16.5. The zero-order valence-corrected chi connectivity index (χ0v) is 12.9. The number of primary amides is 1. The molecular weight excluding hydrogens is 272 g/mol. The highest BCUT2D eigenvalue weighted by molar-refractivity contribution is 5.88. The first kappa shape index (κ1) is 17.5. The monoisotopic (exact) mass is 298 g/mol. The van der Waals surface area contributed by atoms with E-state index >= 15 is 0 Å². The van der Waals surface area contributed by atoms with Gasteiger partial charge in [0.25, 0.3) is 0 Å². The maximum atomic E-state index is 12.2. The van der Waals surface area contributed by atoms with E-state index in [1.807, 2.05) is 0 Å². The van der Waals surface area contributed by atoms with Gasteiger partial charge < -0.3 is 15.8 Å². The van der Waals surface area contributed by atoms with Gasteiger partial charge in [-0.3, -0.25) is 14.4 Å². The molecule has 3 N–H and O–H groups in total. The topological polar surface area (TPSA) is 98.5 Å². The van der Waals surface area contributed by atoms with Gasteiger partial charge in [-0.1, -0.05) is 26.2 Å². The minimum atomic E-state index is -0.830. The summed E-state index contributed by atoms with van der Waals surface area (Å²) in [4.78, 5) is 35.2. The summed E-state index contributed by atoms with van der Waals surface area (Å²) in [6.45, 7) is 3.73. The number of nitrogens with one attached hydrogen (secondary N) is 1. The van der Waals surface area contributed by atoms with Crippen LogP contribution in [0.5, 0.6) is 0 Å². The Balaban J connectivity index is 2.57. The fourth-order valence-corrected chi connectivity index (χ4v) is 2.73. The van der Waals surface area contributed by atoms with Crippen molar-refractivity contribution in [1.82, 2.24) is 5.32 Å². The van der Waals surface area contributed by atoms with Gasteiger partial charge in [-0.05, 0) is 25.7 Å². The van der Waals surface area contributed by atoms with Crippen LogP contribution in [0, 0.1) is 11.8 Å². The van der Waals surface area contributed by atoms with Gasteiger partial charge in [0.2, 0.25) is 11.8 Å². The molecular formula is C15H26N2O4. The zero-order chi connectivity index (χ0) is 15.8. The predicted octanol–water partition coefficient (Wildman–Crippen LogP) is 1.13. The van der Waals surface area contributed by atoms with Crippen molar-refractivity contribution in [3.05, 3.63) is 0 Å². The van der Waals surface area contributed by atoms with Crippen molar-refractivity contribution in [1.29, 1.82) is 0 Å². The van der Waals surface area contributed by atoms with E-state index in [1.54, 1.807) is 13.8 Å². The molecule has 1 saturated carbocycles. The molecule has 0 aromatic rings. The summed E-state index contributed by atoms with van der Waals surface area (Å²) < 4.78 is 4.86. The number of ether oxygens (including phenoxy) is 1. The Kier molecular flexibility index (Phi) is 7.19. The fourth-order valence-electron chi connectivity index (χ4n) is 2.73. The minimum absolute atomic E-state index is 0.0459. The molecule has 6 heteroatoms. The van der Waals surface area contributed by atoms with Crippen molar-refractivity contribution >= 4 is 17.8 Å². The molecule has 0 saturated heterocycles. The molecule has 1 aliphatic rings. The second-order valence-corrected chi connectivity index (χ2v) is 5.71. The molecule has 21 heavy (non-hydrogen) atoms. The average molecular weight is 298 g/mol. The largest absolute Gasteiger partial charge is 0.466 e. The molecule has 1 rings (SSSR count). The third-order valence-corrected chi connectivity index (χ3v) is 3.94. The lowest BCUT2D eigenvalue weighted by atomic mass is 9.88. The van der Waals surface area contributed by atoms with Crippen LogP contribution < -0.4 is 11.1 Å². The predicted molar refractivity (Wildman–Crippen MR) is 78.1 cm³/mol. The highest BCUT2D eigenvalue weighted by Crippen LogP contribution is 2.24. The quantitative estimate of drug-likeness (QED) is 0.688. The third kappa shape index (κ3) is 5.73. The van der Waals surface area contributed by atoms with Crippen LogP contribution in [0.4, 0.5) is 0 Å². The van der Waals surface area contributed by atoms with E-state index in [0.29, 0.717) is 6.61 Å². The number of nitrogens with two attached hydrogens (primary N) is 1. The standard InChI is InChI=1S/C15H26N2O4/c1-3-21-12(18)9-10(2)13(14(16)19)17-15(20)11-7-5-4-6-8-11/h10-11,13H,3-9H2,1-2H3,(H2,16,19)(H,17,20)/t10-,13-/m1/s1.